The number of fused-ring (bicyclic) bond motifs is 1. The molecule has 9 nitrogen and oxygen atoms in total. The number of hydrogen-bond acceptors (Lipinski definition) is 7. The van der Waals surface area contributed by atoms with Gasteiger partial charge in [0.2, 0.25) is 5.95 Å². The molecule has 30 heavy (non-hydrogen) atoms. The minimum absolute atomic E-state index is 0.0145. The van der Waals surface area contributed by atoms with E-state index >= 15 is 0 Å². The van der Waals surface area contributed by atoms with E-state index in [-0.39, 0.29) is 18.1 Å². The van der Waals surface area contributed by atoms with Gasteiger partial charge in [-0.3, -0.25) is 9.78 Å². The van der Waals surface area contributed by atoms with Gasteiger partial charge in [-0.15, -0.1) is 0 Å². The molecule has 0 unspecified atom stereocenters. The van der Waals surface area contributed by atoms with E-state index in [1.165, 1.54) is 19.3 Å². The third-order valence-corrected chi connectivity index (χ3v) is 5.93. The van der Waals surface area contributed by atoms with Gasteiger partial charge in [0.15, 0.2) is 11.5 Å². The highest BCUT2D eigenvalue weighted by Crippen LogP contribution is 2.30. The number of aromatic nitrogens is 6. The third-order valence-electron chi connectivity index (χ3n) is 5.93. The summed E-state index contributed by atoms with van der Waals surface area (Å²) in [4.78, 5) is 9.26. The molecular weight excluding hydrogens is 380 g/mol. The van der Waals surface area contributed by atoms with Crippen LogP contribution in [0.1, 0.15) is 58.6 Å². The van der Waals surface area contributed by atoms with Gasteiger partial charge < -0.3 is 15.7 Å². The zero-order valence-corrected chi connectivity index (χ0v) is 18.2. The second-order valence-corrected chi connectivity index (χ2v) is 9.27. The fraction of sp³-hybridized carbons (Fsp3) is 0.619. The second kappa shape index (κ2) is 8.22. The van der Waals surface area contributed by atoms with Gasteiger partial charge >= 0.3 is 0 Å². The minimum atomic E-state index is -0.0548. The van der Waals surface area contributed by atoms with Gasteiger partial charge in [0, 0.05) is 24.2 Å². The fourth-order valence-corrected chi connectivity index (χ4v) is 4.36. The number of aliphatic hydroxyl groups excluding tert-OH is 1. The van der Waals surface area contributed by atoms with Crippen LogP contribution in [0.3, 0.4) is 0 Å². The summed E-state index contributed by atoms with van der Waals surface area (Å²) in [7, 11) is 1.95. The summed E-state index contributed by atoms with van der Waals surface area (Å²) < 4.78 is 1.89. The Hall–Kier alpha value is -2.68. The second-order valence-electron chi connectivity index (χ2n) is 9.27. The van der Waals surface area contributed by atoms with E-state index in [9.17, 15) is 5.11 Å². The smallest absolute Gasteiger partial charge is 0.227 e. The number of hydrogen-bond donors (Lipinski definition) is 4. The molecule has 3 heterocycles. The van der Waals surface area contributed by atoms with E-state index in [1.807, 2.05) is 17.8 Å². The molecule has 3 aromatic heterocycles. The van der Waals surface area contributed by atoms with Gasteiger partial charge in [0.25, 0.3) is 0 Å². The van der Waals surface area contributed by atoms with Crippen LogP contribution in [0, 0.1) is 5.92 Å². The molecule has 0 bridgehead atoms. The summed E-state index contributed by atoms with van der Waals surface area (Å²) in [5.74, 6) is 2.27. The van der Waals surface area contributed by atoms with Crippen molar-refractivity contribution in [1.29, 1.82) is 0 Å². The molecule has 0 aromatic carbocycles. The first kappa shape index (κ1) is 20.6. The molecule has 4 N–H and O–H groups in total. The Morgan fingerprint density at radius 3 is 2.67 bits per heavy atom. The molecule has 1 aliphatic rings. The maximum Gasteiger partial charge on any atom is 0.227 e. The van der Waals surface area contributed by atoms with Gasteiger partial charge in [0.05, 0.1) is 24.2 Å². The molecule has 0 saturated heterocycles. The molecule has 0 aliphatic heterocycles. The molecule has 1 saturated carbocycles. The van der Waals surface area contributed by atoms with Gasteiger partial charge in [-0.2, -0.15) is 20.2 Å². The zero-order valence-electron chi connectivity index (χ0n) is 18.2. The minimum Gasteiger partial charge on any atom is -0.394 e. The van der Waals surface area contributed by atoms with E-state index in [0.29, 0.717) is 23.3 Å². The maximum absolute atomic E-state index is 9.96. The van der Waals surface area contributed by atoms with Crippen molar-refractivity contribution in [3.05, 3.63) is 18.0 Å². The fourth-order valence-electron chi connectivity index (χ4n) is 4.36. The Balaban J connectivity index is 1.61. The largest absolute Gasteiger partial charge is 0.394 e. The predicted octanol–water partition coefficient (Wildman–Crippen LogP) is 3.48. The molecule has 1 fully saturated rings. The Bertz CT molecular complexity index is 996. The highest BCUT2D eigenvalue weighted by Gasteiger charge is 2.25. The van der Waals surface area contributed by atoms with Crippen LogP contribution in [0.5, 0.6) is 0 Å². The maximum atomic E-state index is 9.96. The summed E-state index contributed by atoms with van der Waals surface area (Å²) in [6.45, 7) is 6.55. The number of H-pyrrole nitrogens is 1. The van der Waals surface area contributed by atoms with Crippen LogP contribution in [-0.2, 0) is 12.5 Å². The number of aromatic amines is 1. The number of rotatable bonds is 6. The summed E-state index contributed by atoms with van der Waals surface area (Å²) in [6, 6.07) is 1.99. The highest BCUT2D eigenvalue weighted by molar-refractivity contribution is 5.88. The summed E-state index contributed by atoms with van der Waals surface area (Å²) in [6.07, 6.45) is 7.66. The van der Waals surface area contributed by atoms with Crippen molar-refractivity contribution < 1.29 is 5.11 Å². The molecule has 1 atom stereocenters. The molecular formula is C21H32N8O. The first-order valence-corrected chi connectivity index (χ1v) is 10.7. The van der Waals surface area contributed by atoms with E-state index in [0.717, 1.165) is 29.7 Å². The van der Waals surface area contributed by atoms with Crippen LogP contribution in [0.25, 0.3) is 11.0 Å². The summed E-state index contributed by atoms with van der Waals surface area (Å²) in [5, 5.41) is 29.1. The first-order chi connectivity index (χ1) is 14.3. The van der Waals surface area contributed by atoms with Crippen molar-refractivity contribution in [3.8, 4) is 0 Å². The van der Waals surface area contributed by atoms with E-state index < -0.39 is 0 Å². The summed E-state index contributed by atoms with van der Waals surface area (Å²) in [5.41, 5.74) is 1.75. The zero-order chi connectivity index (χ0) is 21.3. The lowest BCUT2D eigenvalue weighted by Gasteiger charge is -2.29. The average molecular weight is 413 g/mol. The van der Waals surface area contributed by atoms with Crippen LogP contribution in [-0.4, -0.2) is 47.7 Å². The lowest BCUT2D eigenvalue weighted by molar-refractivity contribution is 0.209. The Morgan fingerprint density at radius 1 is 1.23 bits per heavy atom. The van der Waals surface area contributed by atoms with E-state index in [2.05, 4.69) is 51.7 Å². The Kier molecular flexibility index (Phi) is 5.64. The van der Waals surface area contributed by atoms with Crippen molar-refractivity contribution in [1.82, 2.24) is 29.9 Å². The predicted molar refractivity (Wildman–Crippen MR) is 118 cm³/mol. The number of nitrogens with one attached hydrogen (secondary N) is 3. The normalized spacial score (nSPS) is 16.7. The van der Waals surface area contributed by atoms with E-state index in [4.69, 9.17) is 4.98 Å². The first-order valence-electron chi connectivity index (χ1n) is 10.7. The highest BCUT2D eigenvalue weighted by atomic mass is 16.3. The van der Waals surface area contributed by atoms with Crippen LogP contribution in [0.4, 0.5) is 17.6 Å². The van der Waals surface area contributed by atoms with Crippen molar-refractivity contribution in [2.24, 2.45) is 13.0 Å². The van der Waals surface area contributed by atoms with Crippen LogP contribution < -0.4 is 10.6 Å². The van der Waals surface area contributed by atoms with Gasteiger partial charge in [-0.1, -0.05) is 40.0 Å². The van der Waals surface area contributed by atoms with Crippen LogP contribution in [0.2, 0.25) is 0 Å². The van der Waals surface area contributed by atoms with Gasteiger partial charge in [-0.05, 0) is 18.8 Å². The van der Waals surface area contributed by atoms with Crippen molar-refractivity contribution >= 4 is 28.6 Å². The number of aryl methyl sites for hydroxylation is 1. The van der Waals surface area contributed by atoms with E-state index in [1.54, 1.807) is 6.20 Å². The van der Waals surface area contributed by atoms with Gasteiger partial charge in [0.1, 0.15) is 5.82 Å². The molecule has 3 aromatic rings. The van der Waals surface area contributed by atoms with Crippen molar-refractivity contribution in [2.45, 2.75) is 64.3 Å². The van der Waals surface area contributed by atoms with Crippen molar-refractivity contribution in [2.75, 3.05) is 17.2 Å². The molecule has 1 aliphatic carbocycles. The number of aliphatic hydroxyl groups is 1. The Labute approximate surface area is 176 Å². The lowest BCUT2D eigenvalue weighted by Crippen LogP contribution is -2.34. The molecule has 0 spiro atoms. The SMILES string of the molecule is Cn1nc(Nc2nc(N[C@@H](CO)C3CCCCC3)nc3[nH]ncc23)cc1C(C)(C)C. The third kappa shape index (κ3) is 4.26. The quantitative estimate of drug-likeness (QED) is 0.490. The van der Waals surface area contributed by atoms with Crippen molar-refractivity contribution in [3.63, 3.8) is 0 Å². The Morgan fingerprint density at radius 2 is 2.00 bits per heavy atom. The molecule has 162 valence electrons. The van der Waals surface area contributed by atoms with Crippen LogP contribution >= 0.6 is 0 Å². The number of anilines is 3. The molecule has 9 heteroatoms. The lowest BCUT2D eigenvalue weighted by atomic mass is 9.84. The summed E-state index contributed by atoms with van der Waals surface area (Å²) >= 11 is 0. The molecule has 4 rings (SSSR count). The van der Waals surface area contributed by atoms with Crippen LogP contribution in [0.15, 0.2) is 12.3 Å². The monoisotopic (exact) mass is 412 g/mol. The topological polar surface area (TPSA) is 117 Å². The standard InChI is InChI=1S/C21H32N8O/c1-21(2,3)16-10-17(28-29(16)4)24-18-14-11-22-27-19(14)26-20(25-18)23-15(12-30)13-8-6-5-7-9-13/h10-11,13,15,30H,5-9,12H2,1-4H3,(H3,22,23,24,25,26,27,28)/t15-/m0/s1. The number of nitrogens with zero attached hydrogens (tertiary/aromatic N) is 5. The average Bonchev–Trinajstić information content (AvgIpc) is 3.33. The van der Waals surface area contributed by atoms with Gasteiger partial charge in [-0.25, -0.2) is 0 Å². The molecule has 0 amide bonds. The molecule has 0 radical (unpaired) electrons.